The maximum Gasteiger partial charge on any atom is 0.266 e. The first-order chi connectivity index (χ1) is 5.65. The molecule has 0 saturated carbocycles. The van der Waals surface area contributed by atoms with Crippen molar-refractivity contribution in [2.75, 3.05) is 0 Å². The number of carbonyl (C=O) groups excluding carboxylic acids is 1. The third-order valence-electron chi connectivity index (χ3n) is 1.51. The fourth-order valence-corrected chi connectivity index (χ4v) is 1.12. The molecule has 63 valence electrons. The van der Waals surface area contributed by atoms with Gasteiger partial charge < -0.3 is 0 Å². The molecule has 1 amide bonds. The zero-order valence-electron chi connectivity index (χ0n) is 6.63. The fraction of sp³-hybridized carbons (Fsp3) is 0.125. The van der Waals surface area contributed by atoms with Crippen LogP contribution in [0.3, 0.4) is 0 Å². The van der Waals surface area contributed by atoms with Gasteiger partial charge in [-0.25, -0.2) is 5.84 Å². The molecule has 0 saturated heterocycles. The second-order valence-electron chi connectivity index (χ2n) is 2.47. The van der Waals surface area contributed by atoms with Crippen LogP contribution in [0.1, 0.15) is 15.9 Å². The molecular weight excluding hydrogens is 172 g/mol. The number of hydrogen-bond acceptors (Lipinski definition) is 2. The summed E-state index contributed by atoms with van der Waals surface area (Å²) < 4.78 is 0. The van der Waals surface area contributed by atoms with E-state index in [4.69, 9.17) is 18.5 Å². The van der Waals surface area contributed by atoms with Crippen LogP contribution in [-0.2, 0) is 0 Å². The van der Waals surface area contributed by atoms with Gasteiger partial charge in [-0.2, -0.15) is 0 Å². The van der Waals surface area contributed by atoms with Crippen molar-refractivity contribution in [1.82, 2.24) is 5.43 Å². The molecule has 0 fully saturated rings. The lowest BCUT2D eigenvalue weighted by atomic mass is 10.1. The van der Waals surface area contributed by atoms with E-state index in [1.54, 1.807) is 12.1 Å². The lowest BCUT2D eigenvalue weighted by molar-refractivity contribution is 0.0950. The zero-order chi connectivity index (χ0) is 9.14. The quantitative estimate of drug-likeness (QED) is 0.388. The van der Waals surface area contributed by atoms with Crippen molar-refractivity contribution in [3.05, 3.63) is 29.3 Å². The van der Waals surface area contributed by atoms with E-state index >= 15 is 0 Å². The summed E-state index contributed by atoms with van der Waals surface area (Å²) in [5.41, 5.74) is 3.48. The predicted molar refractivity (Wildman–Crippen MR) is 48.7 cm³/mol. The number of carbonyl (C=O) groups is 1. The summed E-state index contributed by atoms with van der Waals surface area (Å²) in [6, 6.07) is 5.29. The molecule has 1 aromatic rings. The van der Waals surface area contributed by atoms with E-state index in [1.165, 1.54) is 0 Å². The molecule has 0 aliphatic carbocycles. The zero-order valence-corrected chi connectivity index (χ0v) is 7.44. The summed E-state index contributed by atoms with van der Waals surface area (Å²) >= 11 is 4.94. The van der Waals surface area contributed by atoms with Gasteiger partial charge in [0.15, 0.2) is 0 Å². The second-order valence-corrected chi connectivity index (χ2v) is 2.91. The van der Waals surface area contributed by atoms with Gasteiger partial charge in [-0.05, 0) is 19.1 Å². The Hall–Kier alpha value is -1.13. The third kappa shape index (κ3) is 1.72. The standard InChI is InChI=1S/C8H9N2OS/c1-5-2-3-7(12)6(4-5)8(11)10-9/h2-4H,9H2,1H3,(H,10,11). The molecule has 0 aliphatic rings. The number of rotatable bonds is 1. The number of hydrogen-bond donors (Lipinski definition) is 2. The first kappa shape index (κ1) is 8.96. The molecule has 0 bridgehead atoms. The average Bonchev–Trinajstić information content (AvgIpc) is 2.08. The maximum absolute atomic E-state index is 11.1. The van der Waals surface area contributed by atoms with Crippen molar-refractivity contribution in [3.63, 3.8) is 0 Å². The average molecular weight is 181 g/mol. The number of hydrazine groups is 1. The van der Waals surface area contributed by atoms with Gasteiger partial charge in [-0.3, -0.25) is 10.2 Å². The van der Waals surface area contributed by atoms with Crippen molar-refractivity contribution in [1.29, 1.82) is 0 Å². The highest BCUT2D eigenvalue weighted by molar-refractivity contribution is 7.80. The summed E-state index contributed by atoms with van der Waals surface area (Å²) in [5, 5.41) is 0. The molecule has 3 nitrogen and oxygen atoms in total. The van der Waals surface area contributed by atoms with Gasteiger partial charge in [0.05, 0.1) is 10.5 Å². The van der Waals surface area contributed by atoms with Crippen molar-refractivity contribution in [2.45, 2.75) is 11.8 Å². The predicted octanol–water partition coefficient (Wildman–Crippen LogP) is 1.15. The van der Waals surface area contributed by atoms with Crippen LogP contribution in [0, 0.1) is 6.92 Å². The van der Waals surface area contributed by atoms with Gasteiger partial charge in [0.25, 0.3) is 5.91 Å². The molecule has 12 heavy (non-hydrogen) atoms. The topological polar surface area (TPSA) is 55.1 Å². The molecule has 0 atom stereocenters. The SMILES string of the molecule is Cc1ccc([S])c(C(=O)NN)c1. The van der Waals surface area contributed by atoms with E-state index in [0.29, 0.717) is 10.5 Å². The van der Waals surface area contributed by atoms with E-state index < -0.39 is 0 Å². The number of amides is 1. The van der Waals surface area contributed by atoms with Gasteiger partial charge in [0.2, 0.25) is 0 Å². The largest absolute Gasteiger partial charge is 0.290 e. The molecule has 0 aromatic heterocycles. The summed E-state index contributed by atoms with van der Waals surface area (Å²) in [7, 11) is 0. The Labute approximate surface area is 76.3 Å². The highest BCUT2D eigenvalue weighted by atomic mass is 32.1. The number of nitrogens with one attached hydrogen (secondary N) is 1. The monoisotopic (exact) mass is 181 g/mol. The lowest BCUT2D eigenvalue weighted by Crippen LogP contribution is -2.30. The van der Waals surface area contributed by atoms with E-state index in [9.17, 15) is 4.79 Å². The lowest BCUT2D eigenvalue weighted by Gasteiger charge is -2.02. The molecule has 1 rings (SSSR count). The van der Waals surface area contributed by atoms with Gasteiger partial charge in [0, 0.05) is 0 Å². The highest BCUT2D eigenvalue weighted by Crippen LogP contribution is 2.14. The molecule has 1 aromatic carbocycles. The van der Waals surface area contributed by atoms with Gasteiger partial charge in [-0.1, -0.05) is 24.3 Å². The second kappa shape index (κ2) is 3.51. The van der Waals surface area contributed by atoms with Gasteiger partial charge >= 0.3 is 0 Å². The molecule has 0 spiro atoms. The van der Waals surface area contributed by atoms with Crippen molar-refractivity contribution in [3.8, 4) is 0 Å². The van der Waals surface area contributed by atoms with E-state index in [1.807, 2.05) is 18.4 Å². The Morgan fingerprint density at radius 2 is 2.25 bits per heavy atom. The number of benzene rings is 1. The molecule has 0 aliphatic heterocycles. The smallest absolute Gasteiger partial charge is 0.266 e. The minimum atomic E-state index is -0.344. The van der Waals surface area contributed by atoms with Crippen LogP contribution in [0.2, 0.25) is 0 Å². The number of nitrogen functional groups attached to an aromatic ring is 1. The number of aryl methyl sites for hydroxylation is 1. The van der Waals surface area contributed by atoms with E-state index in [0.717, 1.165) is 5.56 Å². The van der Waals surface area contributed by atoms with Crippen LogP contribution in [0.5, 0.6) is 0 Å². The summed E-state index contributed by atoms with van der Waals surface area (Å²) in [5.74, 6) is 4.63. The van der Waals surface area contributed by atoms with Crippen molar-refractivity contribution >= 4 is 18.5 Å². The molecule has 0 heterocycles. The Morgan fingerprint density at radius 3 is 2.83 bits per heavy atom. The molecule has 4 heteroatoms. The maximum atomic E-state index is 11.1. The van der Waals surface area contributed by atoms with Crippen LogP contribution in [-0.4, -0.2) is 5.91 Å². The van der Waals surface area contributed by atoms with Crippen LogP contribution in [0.4, 0.5) is 0 Å². The van der Waals surface area contributed by atoms with Gasteiger partial charge in [0.1, 0.15) is 0 Å². The molecule has 3 N–H and O–H groups in total. The first-order valence-corrected chi connectivity index (χ1v) is 3.84. The van der Waals surface area contributed by atoms with E-state index in [2.05, 4.69) is 0 Å². The third-order valence-corrected chi connectivity index (χ3v) is 1.87. The molecule has 0 unspecified atom stereocenters. The number of nitrogens with two attached hydrogens (primary N) is 1. The Kier molecular flexibility index (Phi) is 2.62. The van der Waals surface area contributed by atoms with Crippen LogP contribution in [0.25, 0.3) is 0 Å². The van der Waals surface area contributed by atoms with Crippen LogP contribution >= 0.6 is 12.6 Å². The summed E-state index contributed by atoms with van der Waals surface area (Å²) in [4.78, 5) is 11.6. The summed E-state index contributed by atoms with van der Waals surface area (Å²) in [6.45, 7) is 1.89. The highest BCUT2D eigenvalue weighted by Gasteiger charge is 2.07. The Bertz CT molecular complexity index is 312. The minimum Gasteiger partial charge on any atom is -0.290 e. The van der Waals surface area contributed by atoms with Crippen LogP contribution < -0.4 is 11.3 Å². The minimum absolute atomic E-state index is 0.344. The van der Waals surface area contributed by atoms with E-state index in [-0.39, 0.29) is 5.91 Å². The van der Waals surface area contributed by atoms with Crippen LogP contribution in [0.15, 0.2) is 23.1 Å². The van der Waals surface area contributed by atoms with Gasteiger partial charge in [-0.15, -0.1) is 0 Å². The van der Waals surface area contributed by atoms with Crippen molar-refractivity contribution in [2.24, 2.45) is 5.84 Å². The summed E-state index contributed by atoms with van der Waals surface area (Å²) in [6.07, 6.45) is 0. The molecule has 1 radical (unpaired) electrons. The Morgan fingerprint density at radius 1 is 1.58 bits per heavy atom. The first-order valence-electron chi connectivity index (χ1n) is 3.43. The fourth-order valence-electron chi connectivity index (χ4n) is 0.899. The van der Waals surface area contributed by atoms with Crippen molar-refractivity contribution < 1.29 is 4.79 Å². The normalized spacial score (nSPS) is 9.50. The molecular formula is C8H9N2OS. The Balaban J connectivity index is 3.13.